The van der Waals surface area contributed by atoms with Crippen molar-refractivity contribution in [3.05, 3.63) is 0 Å². The van der Waals surface area contributed by atoms with Crippen molar-refractivity contribution < 1.29 is 9.84 Å². The predicted octanol–water partition coefficient (Wildman–Crippen LogP) is 1.19. The summed E-state index contributed by atoms with van der Waals surface area (Å²) >= 11 is 0. The van der Waals surface area contributed by atoms with Gasteiger partial charge in [-0.25, -0.2) is 0 Å². The molecule has 2 saturated heterocycles. The number of aliphatic hydroxyl groups excluding tert-OH is 1. The molecule has 2 aliphatic heterocycles. The molecule has 0 aromatic heterocycles. The number of likely N-dealkylation sites (N-methyl/N-ethyl adjacent to an activating group) is 1. The van der Waals surface area contributed by atoms with Gasteiger partial charge in [0.15, 0.2) is 0 Å². The van der Waals surface area contributed by atoms with Crippen molar-refractivity contribution in [1.82, 2.24) is 9.80 Å². The Morgan fingerprint density at radius 1 is 1.16 bits per heavy atom. The molecule has 0 aromatic rings. The molecule has 0 aromatic carbocycles. The molecule has 0 spiro atoms. The Morgan fingerprint density at radius 3 is 2.58 bits per heavy atom. The highest BCUT2D eigenvalue weighted by Crippen LogP contribution is 2.19. The van der Waals surface area contributed by atoms with Crippen LogP contribution in [0.15, 0.2) is 0 Å². The van der Waals surface area contributed by atoms with Gasteiger partial charge in [-0.2, -0.15) is 0 Å². The van der Waals surface area contributed by atoms with Crippen LogP contribution in [0.4, 0.5) is 0 Å². The number of ether oxygens (including phenoxy) is 1. The van der Waals surface area contributed by atoms with Gasteiger partial charge in [0.2, 0.25) is 0 Å². The van der Waals surface area contributed by atoms with E-state index in [0.717, 1.165) is 38.7 Å². The van der Waals surface area contributed by atoms with Crippen LogP contribution in [-0.4, -0.2) is 74.0 Å². The maximum atomic E-state index is 8.95. The smallest absolute Gasteiger partial charge is 0.0701 e. The molecule has 4 heteroatoms. The van der Waals surface area contributed by atoms with Crippen molar-refractivity contribution in [2.75, 3.05) is 53.0 Å². The lowest BCUT2D eigenvalue weighted by atomic mass is 9.96. The molecule has 0 aliphatic carbocycles. The number of rotatable bonds is 6. The van der Waals surface area contributed by atoms with Crippen molar-refractivity contribution in [3.8, 4) is 0 Å². The monoisotopic (exact) mass is 270 g/mol. The van der Waals surface area contributed by atoms with Crippen LogP contribution >= 0.6 is 0 Å². The molecule has 0 saturated carbocycles. The van der Waals surface area contributed by atoms with Crippen molar-refractivity contribution in [2.45, 2.75) is 38.2 Å². The lowest BCUT2D eigenvalue weighted by Crippen LogP contribution is -2.41. The van der Waals surface area contributed by atoms with Gasteiger partial charge in [0.05, 0.1) is 12.7 Å². The minimum atomic E-state index is 0.295. The molecule has 0 bridgehead atoms. The van der Waals surface area contributed by atoms with Crippen LogP contribution in [0.5, 0.6) is 0 Å². The zero-order valence-electron chi connectivity index (χ0n) is 12.4. The van der Waals surface area contributed by atoms with Crippen LogP contribution < -0.4 is 0 Å². The fraction of sp³-hybridized carbons (Fsp3) is 1.00. The second-order valence-corrected chi connectivity index (χ2v) is 6.22. The quantitative estimate of drug-likeness (QED) is 0.786. The third kappa shape index (κ3) is 5.38. The number of aliphatic hydroxyl groups is 1. The Hall–Kier alpha value is -0.160. The SMILES string of the molecule is CN(CC1CCN(CCO)CC1)CC1CCCCO1. The van der Waals surface area contributed by atoms with E-state index in [-0.39, 0.29) is 0 Å². The van der Waals surface area contributed by atoms with E-state index in [1.165, 1.54) is 38.6 Å². The van der Waals surface area contributed by atoms with Gasteiger partial charge in [-0.05, 0) is 58.2 Å². The maximum Gasteiger partial charge on any atom is 0.0701 e. The molecule has 19 heavy (non-hydrogen) atoms. The molecule has 112 valence electrons. The Morgan fingerprint density at radius 2 is 1.95 bits per heavy atom. The summed E-state index contributed by atoms with van der Waals surface area (Å²) in [7, 11) is 2.23. The van der Waals surface area contributed by atoms with Gasteiger partial charge in [-0.15, -0.1) is 0 Å². The van der Waals surface area contributed by atoms with Gasteiger partial charge in [0, 0.05) is 26.2 Å². The molecule has 2 fully saturated rings. The Balaban J connectivity index is 1.61. The van der Waals surface area contributed by atoms with E-state index in [2.05, 4.69) is 16.8 Å². The number of likely N-dealkylation sites (tertiary alicyclic amines) is 1. The van der Waals surface area contributed by atoms with Crippen LogP contribution in [0.25, 0.3) is 0 Å². The summed E-state index contributed by atoms with van der Waals surface area (Å²) in [5, 5.41) is 8.95. The third-order valence-electron chi connectivity index (χ3n) is 4.48. The summed E-state index contributed by atoms with van der Waals surface area (Å²) in [6.07, 6.45) is 6.82. The fourth-order valence-electron chi connectivity index (χ4n) is 3.35. The lowest BCUT2D eigenvalue weighted by molar-refractivity contribution is -0.00509. The molecule has 1 N–H and O–H groups in total. The molecule has 2 aliphatic rings. The molecule has 1 unspecified atom stereocenters. The summed E-state index contributed by atoms with van der Waals surface area (Å²) in [6, 6.07) is 0. The van der Waals surface area contributed by atoms with Gasteiger partial charge in [-0.1, -0.05) is 0 Å². The molecule has 2 rings (SSSR count). The molecule has 0 radical (unpaired) electrons. The Labute approximate surface area is 117 Å². The number of β-amino-alcohol motifs (C(OH)–C–C–N with tert-alkyl or cyclic N) is 1. The average Bonchev–Trinajstić information content (AvgIpc) is 2.42. The summed E-state index contributed by atoms with van der Waals surface area (Å²) in [5.74, 6) is 0.823. The van der Waals surface area contributed by atoms with Gasteiger partial charge in [0.1, 0.15) is 0 Å². The number of hydrogen-bond acceptors (Lipinski definition) is 4. The number of hydrogen-bond donors (Lipinski definition) is 1. The first-order valence-electron chi connectivity index (χ1n) is 7.91. The minimum Gasteiger partial charge on any atom is -0.395 e. The minimum absolute atomic E-state index is 0.295. The second kappa shape index (κ2) is 8.20. The first-order chi connectivity index (χ1) is 9.28. The third-order valence-corrected chi connectivity index (χ3v) is 4.48. The van der Waals surface area contributed by atoms with Crippen LogP contribution in [0.1, 0.15) is 32.1 Å². The molecular formula is C15H30N2O2. The molecule has 2 heterocycles. The molecule has 1 atom stereocenters. The first kappa shape index (κ1) is 15.2. The van der Waals surface area contributed by atoms with E-state index in [1.807, 2.05) is 0 Å². The van der Waals surface area contributed by atoms with E-state index in [1.54, 1.807) is 0 Å². The fourth-order valence-corrected chi connectivity index (χ4v) is 3.35. The van der Waals surface area contributed by atoms with Crippen LogP contribution in [-0.2, 0) is 4.74 Å². The zero-order chi connectivity index (χ0) is 13.5. The van der Waals surface area contributed by atoms with E-state index >= 15 is 0 Å². The largest absolute Gasteiger partial charge is 0.395 e. The topological polar surface area (TPSA) is 35.9 Å². The highest BCUT2D eigenvalue weighted by molar-refractivity contribution is 4.76. The highest BCUT2D eigenvalue weighted by Gasteiger charge is 2.22. The predicted molar refractivity (Wildman–Crippen MR) is 77.3 cm³/mol. The van der Waals surface area contributed by atoms with Crippen molar-refractivity contribution in [1.29, 1.82) is 0 Å². The normalized spacial score (nSPS) is 27.0. The van der Waals surface area contributed by atoms with E-state index in [4.69, 9.17) is 9.84 Å². The zero-order valence-corrected chi connectivity index (χ0v) is 12.4. The van der Waals surface area contributed by atoms with Crippen LogP contribution in [0.3, 0.4) is 0 Å². The van der Waals surface area contributed by atoms with Crippen LogP contribution in [0.2, 0.25) is 0 Å². The van der Waals surface area contributed by atoms with Crippen molar-refractivity contribution in [3.63, 3.8) is 0 Å². The van der Waals surface area contributed by atoms with E-state index in [0.29, 0.717) is 12.7 Å². The van der Waals surface area contributed by atoms with E-state index in [9.17, 15) is 0 Å². The first-order valence-corrected chi connectivity index (χ1v) is 7.91. The summed E-state index contributed by atoms with van der Waals surface area (Å²) in [5.41, 5.74) is 0. The van der Waals surface area contributed by atoms with Gasteiger partial charge in [0.25, 0.3) is 0 Å². The van der Waals surface area contributed by atoms with Gasteiger partial charge in [-0.3, -0.25) is 0 Å². The summed E-state index contributed by atoms with van der Waals surface area (Å²) in [4.78, 5) is 4.84. The molecular weight excluding hydrogens is 240 g/mol. The summed E-state index contributed by atoms with van der Waals surface area (Å²) in [6.45, 7) is 6.70. The number of nitrogens with zero attached hydrogens (tertiary/aromatic N) is 2. The van der Waals surface area contributed by atoms with Crippen molar-refractivity contribution in [2.24, 2.45) is 5.92 Å². The van der Waals surface area contributed by atoms with Crippen LogP contribution in [0, 0.1) is 5.92 Å². The summed E-state index contributed by atoms with van der Waals surface area (Å²) < 4.78 is 5.81. The maximum absolute atomic E-state index is 8.95. The van der Waals surface area contributed by atoms with Crippen molar-refractivity contribution >= 4 is 0 Å². The highest BCUT2D eigenvalue weighted by atomic mass is 16.5. The Bertz CT molecular complexity index is 236. The molecule has 0 amide bonds. The average molecular weight is 270 g/mol. The molecule has 4 nitrogen and oxygen atoms in total. The lowest BCUT2D eigenvalue weighted by Gasteiger charge is -2.34. The Kier molecular flexibility index (Phi) is 6.57. The van der Waals surface area contributed by atoms with Gasteiger partial charge >= 0.3 is 0 Å². The standard InChI is InChI=1S/C15H30N2O2/c1-16(13-15-4-2-3-11-19-15)12-14-5-7-17(8-6-14)9-10-18/h14-15,18H,2-13H2,1H3. The van der Waals surface area contributed by atoms with E-state index < -0.39 is 0 Å². The second-order valence-electron chi connectivity index (χ2n) is 6.22. The number of piperidine rings is 1. The van der Waals surface area contributed by atoms with Gasteiger partial charge < -0.3 is 19.6 Å².